The van der Waals surface area contributed by atoms with Crippen molar-refractivity contribution in [1.29, 1.82) is 0 Å². The lowest BCUT2D eigenvalue weighted by Crippen LogP contribution is -2.06. The van der Waals surface area contributed by atoms with E-state index >= 15 is 0 Å². The van der Waals surface area contributed by atoms with Gasteiger partial charge in [0.05, 0.1) is 5.56 Å². The van der Waals surface area contributed by atoms with Crippen molar-refractivity contribution < 1.29 is 23.4 Å². The Hall–Kier alpha value is -1.43. The van der Waals surface area contributed by atoms with Crippen LogP contribution in [0.5, 0.6) is 5.88 Å². The van der Waals surface area contributed by atoms with Crippen molar-refractivity contribution in [1.82, 2.24) is 4.98 Å². The monoisotopic (exact) mass is 223 g/mol. The Morgan fingerprint density at radius 1 is 1.64 bits per heavy atom. The third-order valence-electron chi connectivity index (χ3n) is 1.29. The highest BCUT2D eigenvalue weighted by atomic mass is 35.5. The highest BCUT2D eigenvalue weighted by molar-refractivity contribution is 6.34. The van der Waals surface area contributed by atoms with Crippen LogP contribution in [0.25, 0.3) is 0 Å². The van der Waals surface area contributed by atoms with Crippen LogP contribution in [0.2, 0.25) is 5.02 Å². The number of nitrogens with zero attached hydrogens (tertiary/aromatic N) is 1. The maximum Gasteiger partial charge on any atom is 0.388 e. The number of carboxylic acids is 1. The molecule has 1 rings (SSSR count). The molecule has 1 heterocycles. The van der Waals surface area contributed by atoms with E-state index in [0.29, 0.717) is 0 Å². The predicted octanol–water partition coefficient (Wildman–Crippen LogP) is 2.03. The molecule has 1 N–H and O–H groups in total. The van der Waals surface area contributed by atoms with Gasteiger partial charge in [0.25, 0.3) is 0 Å². The molecule has 0 aliphatic rings. The predicted molar refractivity (Wildman–Crippen MR) is 42.8 cm³/mol. The van der Waals surface area contributed by atoms with E-state index in [1.807, 2.05) is 0 Å². The van der Waals surface area contributed by atoms with E-state index in [9.17, 15) is 13.6 Å². The number of ether oxygens (including phenoxy) is 1. The fraction of sp³-hybridized carbons (Fsp3) is 0.143. The van der Waals surface area contributed by atoms with Crippen LogP contribution in [-0.4, -0.2) is 22.7 Å². The molecule has 0 aliphatic carbocycles. The van der Waals surface area contributed by atoms with Crippen LogP contribution in [0.4, 0.5) is 8.78 Å². The van der Waals surface area contributed by atoms with Crippen LogP contribution in [0.1, 0.15) is 10.4 Å². The first-order valence-corrected chi connectivity index (χ1v) is 3.72. The second-order valence-electron chi connectivity index (χ2n) is 2.16. The van der Waals surface area contributed by atoms with Crippen molar-refractivity contribution in [2.24, 2.45) is 0 Å². The molecule has 0 atom stereocenters. The van der Waals surface area contributed by atoms with Gasteiger partial charge in [0, 0.05) is 6.20 Å². The largest absolute Gasteiger partial charge is 0.478 e. The van der Waals surface area contributed by atoms with Crippen LogP contribution in [0, 0.1) is 0 Å². The molecule has 0 aromatic carbocycles. The van der Waals surface area contributed by atoms with Crippen molar-refractivity contribution in [3.05, 3.63) is 22.8 Å². The Kier molecular flexibility index (Phi) is 3.19. The van der Waals surface area contributed by atoms with E-state index in [0.717, 1.165) is 12.3 Å². The van der Waals surface area contributed by atoms with Gasteiger partial charge in [-0.25, -0.2) is 9.78 Å². The van der Waals surface area contributed by atoms with E-state index in [2.05, 4.69) is 9.72 Å². The molecule has 0 spiro atoms. The smallest absolute Gasteiger partial charge is 0.388 e. The topological polar surface area (TPSA) is 59.4 Å². The van der Waals surface area contributed by atoms with Gasteiger partial charge in [-0.3, -0.25) is 0 Å². The fourth-order valence-corrected chi connectivity index (χ4v) is 0.993. The number of hydrogen-bond donors (Lipinski definition) is 1. The first-order valence-electron chi connectivity index (χ1n) is 3.35. The Morgan fingerprint density at radius 3 is 2.79 bits per heavy atom. The fourth-order valence-electron chi connectivity index (χ4n) is 0.756. The molecule has 14 heavy (non-hydrogen) atoms. The zero-order chi connectivity index (χ0) is 10.7. The quantitative estimate of drug-likeness (QED) is 0.852. The van der Waals surface area contributed by atoms with Gasteiger partial charge in [-0.2, -0.15) is 8.78 Å². The minimum absolute atomic E-state index is 0.336. The SMILES string of the molecule is O=C(O)c1ccnc(OC(F)F)c1Cl. The molecule has 1 aromatic heterocycles. The molecule has 0 bridgehead atoms. The number of rotatable bonds is 3. The molecule has 76 valence electrons. The lowest BCUT2D eigenvalue weighted by atomic mass is 10.3. The third kappa shape index (κ3) is 2.29. The summed E-state index contributed by atoms with van der Waals surface area (Å²) in [5.74, 6) is -1.93. The van der Waals surface area contributed by atoms with E-state index < -0.39 is 23.5 Å². The minimum Gasteiger partial charge on any atom is -0.478 e. The zero-order valence-corrected chi connectivity index (χ0v) is 7.33. The summed E-state index contributed by atoms with van der Waals surface area (Å²) in [4.78, 5) is 13.9. The van der Waals surface area contributed by atoms with Gasteiger partial charge in [-0.05, 0) is 6.07 Å². The van der Waals surface area contributed by atoms with Crippen LogP contribution >= 0.6 is 11.6 Å². The molecule has 0 amide bonds. The summed E-state index contributed by atoms with van der Waals surface area (Å²) in [6, 6.07) is 1.09. The molecular formula is C7H4ClF2NO3. The third-order valence-corrected chi connectivity index (χ3v) is 1.65. The molecular weight excluding hydrogens is 220 g/mol. The zero-order valence-electron chi connectivity index (χ0n) is 6.58. The van der Waals surface area contributed by atoms with Crippen molar-refractivity contribution >= 4 is 17.6 Å². The van der Waals surface area contributed by atoms with Gasteiger partial charge >= 0.3 is 12.6 Å². The van der Waals surface area contributed by atoms with E-state index in [1.165, 1.54) is 0 Å². The standard InChI is InChI=1S/C7H4ClF2NO3/c8-4-3(6(12)13)1-2-11-5(4)14-7(9)10/h1-2,7H,(H,12,13). The van der Waals surface area contributed by atoms with Crippen molar-refractivity contribution in [2.45, 2.75) is 6.61 Å². The molecule has 4 nitrogen and oxygen atoms in total. The first kappa shape index (κ1) is 10.6. The minimum atomic E-state index is -3.09. The lowest BCUT2D eigenvalue weighted by molar-refractivity contribution is -0.0528. The second kappa shape index (κ2) is 4.19. The van der Waals surface area contributed by atoms with Crippen LogP contribution in [0.3, 0.4) is 0 Å². The van der Waals surface area contributed by atoms with Crippen LogP contribution in [0.15, 0.2) is 12.3 Å². The van der Waals surface area contributed by atoms with E-state index in [-0.39, 0.29) is 5.56 Å². The molecule has 0 fully saturated rings. The van der Waals surface area contributed by atoms with Crippen LogP contribution < -0.4 is 4.74 Å². The number of alkyl halides is 2. The first-order chi connectivity index (χ1) is 6.52. The summed E-state index contributed by atoms with van der Waals surface area (Å²) in [7, 11) is 0. The van der Waals surface area contributed by atoms with Crippen molar-refractivity contribution in [2.75, 3.05) is 0 Å². The average Bonchev–Trinajstić information content (AvgIpc) is 2.07. The molecule has 0 saturated carbocycles. The van der Waals surface area contributed by atoms with Gasteiger partial charge in [0.15, 0.2) is 0 Å². The summed E-state index contributed by atoms with van der Waals surface area (Å²) in [5, 5.41) is 8.12. The average molecular weight is 224 g/mol. The number of pyridine rings is 1. The number of halogens is 3. The number of aromatic carboxylic acids is 1. The van der Waals surface area contributed by atoms with Gasteiger partial charge in [-0.15, -0.1) is 0 Å². The van der Waals surface area contributed by atoms with Gasteiger partial charge in [0.1, 0.15) is 5.02 Å². The number of carboxylic acid groups (broad SMARTS) is 1. The highest BCUT2D eigenvalue weighted by Gasteiger charge is 2.16. The van der Waals surface area contributed by atoms with Gasteiger partial charge in [0.2, 0.25) is 5.88 Å². The number of hydrogen-bond acceptors (Lipinski definition) is 3. The lowest BCUT2D eigenvalue weighted by Gasteiger charge is -2.06. The summed E-state index contributed by atoms with van der Waals surface area (Å²) < 4.78 is 27.4. The van der Waals surface area contributed by atoms with Crippen molar-refractivity contribution in [3.8, 4) is 5.88 Å². The molecule has 0 aliphatic heterocycles. The summed E-state index contributed by atoms with van der Waals surface area (Å²) in [6.07, 6.45) is 1.02. The normalized spacial score (nSPS) is 10.3. The van der Waals surface area contributed by atoms with E-state index in [4.69, 9.17) is 16.7 Å². The molecule has 0 radical (unpaired) electrons. The molecule has 0 saturated heterocycles. The molecule has 1 aromatic rings. The Balaban J connectivity index is 3.07. The van der Waals surface area contributed by atoms with Gasteiger partial charge in [-0.1, -0.05) is 11.6 Å². The maximum atomic E-state index is 11.8. The summed E-state index contributed by atoms with van der Waals surface area (Å²) in [5.41, 5.74) is -0.336. The highest BCUT2D eigenvalue weighted by Crippen LogP contribution is 2.26. The van der Waals surface area contributed by atoms with E-state index in [1.54, 1.807) is 0 Å². The molecule has 0 unspecified atom stereocenters. The second-order valence-corrected chi connectivity index (χ2v) is 2.54. The maximum absolute atomic E-state index is 11.8. The molecule has 7 heteroatoms. The Labute approximate surface area is 82.1 Å². The summed E-state index contributed by atoms with van der Waals surface area (Å²) >= 11 is 5.45. The van der Waals surface area contributed by atoms with Gasteiger partial charge < -0.3 is 9.84 Å². The number of aromatic nitrogens is 1. The summed E-state index contributed by atoms with van der Waals surface area (Å²) in [6.45, 7) is -3.09. The van der Waals surface area contributed by atoms with Crippen LogP contribution in [-0.2, 0) is 0 Å². The Morgan fingerprint density at radius 2 is 2.29 bits per heavy atom. The van der Waals surface area contributed by atoms with Crippen molar-refractivity contribution in [3.63, 3.8) is 0 Å². The Bertz CT molecular complexity index is 359. The number of carbonyl (C=O) groups is 1.